The van der Waals surface area contributed by atoms with Crippen molar-refractivity contribution >= 4 is 22.5 Å². The van der Waals surface area contributed by atoms with E-state index in [1.165, 1.54) is 6.33 Å². The number of rotatable bonds is 0. The molecule has 1 aliphatic rings. The number of benzene rings is 1. The number of anilines is 1. The maximum atomic E-state index is 11.1. The van der Waals surface area contributed by atoms with E-state index in [4.69, 9.17) is 4.74 Å². The van der Waals surface area contributed by atoms with Gasteiger partial charge in [0, 0.05) is 17.6 Å². The second-order valence-electron chi connectivity index (χ2n) is 3.27. The Morgan fingerprint density at radius 2 is 2.33 bits per heavy atom. The fourth-order valence-electron chi connectivity index (χ4n) is 1.56. The van der Waals surface area contributed by atoms with Crippen molar-refractivity contribution in [1.82, 2.24) is 9.97 Å². The molecule has 15 heavy (non-hydrogen) atoms. The van der Waals surface area contributed by atoms with Crippen LogP contribution in [0, 0.1) is 0 Å². The molecule has 1 aromatic heterocycles. The Kier molecular flexibility index (Phi) is 1.58. The first-order chi connectivity index (χ1) is 7.33. The monoisotopic (exact) mass is 201 g/mol. The van der Waals surface area contributed by atoms with Crippen LogP contribution in [0.4, 0.5) is 5.69 Å². The molecule has 2 heterocycles. The molecule has 0 atom stereocenters. The van der Waals surface area contributed by atoms with Gasteiger partial charge in [0.25, 0.3) is 5.91 Å². The summed E-state index contributed by atoms with van der Waals surface area (Å²) < 4.78 is 5.27. The summed E-state index contributed by atoms with van der Waals surface area (Å²) in [6.45, 7) is 0.0591. The van der Waals surface area contributed by atoms with Crippen molar-refractivity contribution in [3.63, 3.8) is 0 Å². The van der Waals surface area contributed by atoms with Gasteiger partial charge >= 0.3 is 0 Å². The fourth-order valence-corrected chi connectivity index (χ4v) is 1.56. The third kappa shape index (κ3) is 1.28. The van der Waals surface area contributed by atoms with Crippen molar-refractivity contribution in [3.8, 4) is 5.75 Å². The van der Waals surface area contributed by atoms with E-state index in [9.17, 15) is 4.79 Å². The van der Waals surface area contributed by atoms with E-state index in [-0.39, 0.29) is 12.5 Å². The van der Waals surface area contributed by atoms with Crippen LogP contribution in [-0.2, 0) is 4.79 Å². The number of hydrogen-bond donors (Lipinski definition) is 1. The second kappa shape index (κ2) is 2.91. The zero-order valence-electron chi connectivity index (χ0n) is 7.73. The Hall–Kier alpha value is -2.17. The summed E-state index contributed by atoms with van der Waals surface area (Å²) in [7, 11) is 0. The van der Waals surface area contributed by atoms with Gasteiger partial charge < -0.3 is 10.1 Å². The van der Waals surface area contributed by atoms with Crippen LogP contribution in [0.5, 0.6) is 5.75 Å². The van der Waals surface area contributed by atoms with Gasteiger partial charge in [0.05, 0.1) is 11.2 Å². The number of amides is 1. The number of hydrogen-bond acceptors (Lipinski definition) is 4. The van der Waals surface area contributed by atoms with E-state index in [1.807, 2.05) is 6.07 Å². The van der Waals surface area contributed by atoms with Crippen molar-refractivity contribution < 1.29 is 9.53 Å². The minimum Gasteiger partial charge on any atom is -0.482 e. The number of carbonyl (C=O) groups excluding carboxylic acids is 1. The lowest BCUT2D eigenvalue weighted by Gasteiger charge is -2.17. The summed E-state index contributed by atoms with van der Waals surface area (Å²) in [6.07, 6.45) is 3.18. The zero-order chi connectivity index (χ0) is 10.3. The highest BCUT2D eigenvalue weighted by molar-refractivity contribution is 5.98. The number of nitrogens with zero attached hydrogens (tertiary/aromatic N) is 2. The highest BCUT2D eigenvalue weighted by Crippen LogP contribution is 2.31. The molecule has 1 N–H and O–H groups in total. The number of aromatic nitrogens is 2. The smallest absolute Gasteiger partial charge is 0.262 e. The molecule has 0 bridgehead atoms. The van der Waals surface area contributed by atoms with Crippen LogP contribution in [0.2, 0.25) is 0 Å². The van der Waals surface area contributed by atoms with Gasteiger partial charge in [0.2, 0.25) is 0 Å². The van der Waals surface area contributed by atoms with E-state index in [0.29, 0.717) is 11.4 Å². The summed E-state index contributed by atoms with van der Waals surface area (Å²) in [6, 6.07) is 3.60. The molecule has 0 radical (unpaired) electrons. The predicted octanol–water partition coefficient (Wildman–Crippen LogP) is 0.961. The van der Waals surface area contributed by atoms with Crippen LogP contribution in [-0.4, -0.2) is 22.5 Å². The first-order valence-corrected chi connectivity index (χ1v) is 4.49. The normalized spacial score (nSPS) is 14.3. The highest BCUT2D eigenvalue weighted by Gasteiger charge is 2.16. The van der Waals surface area contributed by atoms with Gasteiger partial charge in [-0.1, -0.05) is 0 Å². The molecule has 0 aliphatic carbocycles. The van der Waals surface area contributed by atoms with Gasteiger partial charge in [-0.2, -0.15) is 0 Å². The number of ether oxygens (including phenoxy) is 1. The summed E-state index contributed by atoms with van der Waals surface area (Å²) in [4.78, 5) is 19.1. The van der Waals surface area contributed by atoms with E-state index in [1.54, 1.807) is 12.3 Å². The van der Waals surface area contributed by atoms with Gasteiger partial charge in [-0.15, -0.1) is 0 Å². The fraction of sp³-hybridized carbons (Fsp3) is 0.100. The second-order valence-corrected chi connectivity index (χ2v) is 3.27. The largest absolute Gasteiger partial charge is 0.482 e. The lowest BCUT2D eigenvalue weighted by molar-refractivity contribution is -0.118. The molecule has 1 aromatic carbocycles. The standard InChI is InChI=1S/C10H7N3O2/c14-10-4-15-9-2-7-6(1-8(9)13-10)3-11-5-12-7/h1-3,5H,4H2,(H,13,14). The molecule has 0 unspecified atom stereocenters. The first kappa shape index (κ1) is 8.16. The minimum atomic E-state index is -0.140. The lowest BCUT2D eigenvalue weighted by atomic mass is 10.2. The first-order valence-electron chi connectivity index (χ1n) is 4.49. The van der Waals surface area contributed by atoms with Gasteiger partial charge in [0.1, 0.15) is 12.1 Å². The average molecular weight is 201 g/mol. The van der Waals surface area contributed by atoms with Crippen LogP contribution in [0.1, 0.15) is 0 Å². The Morgan fingerprint density at radius 3 is 3.27 bits per heavy atom. The van der Waals surface area contributed by atoms with E-state index in [2.05, 4.69) is 15.3 Å². The molecule has 1 amide bonds. The van der Waals surface area contributed by atoms with E-state index >= 15 is 0 Å². The molecule has 0 spiro atoms. The summed E-state index contributed by atoms with van der Waals surface area (Å²) in [5.74, 6) is 0.513. The Morgan fingerprint density at radius 1 is 1.40 bits per heavy atom. The minimum absolute atomic E-state index is 0.0591. The highest BCUT2D eigenvalue weighted by atomic mass is 16.5. The van der Waals surface area contributed by atoms with E-state index < -0.39 is 0 Å². The third-order valence-corrected chi connectivity index (χ3v) is 2.24. The van der Waals surface area contributed by atoms with Crippen LogP contribution >= 0.6 is 0 Å². The van der Waals surface area contributed by atoms with Crippen molar-refractivity contribution in [2.75, 3.05) is 11.9 Å². The molecular weight excluding hydrogens is 194 g/mol. The van der Waals surface area contributed by atoms with Crippen molar-refractivity contribution in [2.45, 2.75) is 0 Å². The van der Waals surface area contributed by atoms with Gasteiger partial charge in [0.15, 0.2) is 6.61 Å². The molecule has 3 rings (SSSR count). The summed E-state index contributed by atoms with van der Waals surface area (Å²) in [5.41, 5.74) is 1.48. The van der Waals surface area contributed by atoms with Crippen molar-refractivity contribution in [3.05, 3.63) is 24.7 Å². The van der Waals surface area contributed by atoms with Gasteiger partial charge in [-0.05, 0) is 6.07 Å². The maximum Gasteiger partial charge on any atom is 0.262 e. The number of carbonyl (C=O) groups is 1. The molecule has 0 fully saturated rings. The lowest BCUT2D eigenvalue weighted by Crippen LogP contribution is -2.25. The van der Waals surface area contributed by atoms with E-state index in [0.717, 1.165) is 10.9 Å². The molecule has 2 aromatic rings. The quantitative estimate of drug-likeness (QED) is 0.689. The van der Waals surface area contributed by atoms with Crippen LogP contribution < -0.4 is 10.1 Å². The third-order valence-electron chi connectivity index (χ3n) is 2.24. The Balaban J connectivity index is 2.24. The van der Waals surface area contributed by atoms with Crippen LogP contribution in [0.15, 0.2) is 24.7 Å². The number of fused-ring (bicyclic) bond motifs is 2. The van der Waals surface area contributed by atoms with Crippen LogP contribution in [0.3, 0.4) is 0 Å². The maximum absolute atomic E-state index is 11.1. The Bertz CT molecular complexity index is 553. The zero-order valence-corrected chi connectivity index (χ0v) is 7.73. The molecule has 74 valence electrons. The number of nitrogens with one attached hydrogen (secondary N) is 1. The summed E-state index contributed by atoms with van der Waals surface area (Å²) >= 11 is 0. The van der Waals surface area contributed by atoms with Crippen molar-refractivity contribution in [1.29, 1.82) is 0 Å². The predicted molar refractivity (Wildman–Crippen MR) is 53.7 cm³/mol. The SMILES string of the molecule is O=C1COc2cc3ncncc3cc2N1. The molecule has 0 saturated carbocycles. The summed E-state index contributed by atoms with van der Waals surface area (Å²) in [5, 5.41) is 3.61. The average Bonchev–Trinajstić information content (AvgIpc) is 2.26. The molecule has 1 aliphatic heterocycles. The van der Waals surface area contributed by atoms with Gasteiger partial charge in [-0.25, -0.2) is 9.97 Å². The topological polar surface area (TPSA) is 64.1 Å². The molecule has 0 saturated heterocycles. The molecule has 5 heteroatoms. The Labute approximate surface area is 85.1 Å². The molecular formula is C10H7N3O2. The molecule has 5 nitrogen and oxygen atoms in total. The van der Waals surface area contributed by atoms with Crippen molar-refractivity contribution in [2.24, 2.45) is 0 Å². The van der Waals surface area contributed by atoms with Gasteiger partial charge in [-0.3, -0.25) is 4.79 Å². The van der Waals surface area contributed by atoms with Crippen LogP contribution in [0.25, 0.3) is 10.9 Å².